The molecule has 2 rings (SSSR count). The summed E-state index contributed by atoms with van der Waals surface area (Å²) in [6.45, 7) is 4.47. The molecule has 4 heteroatoms. The molecule has 0 amide bonds. The lowest BCUT2D eigenvalue weighted by atomic mass is 10.0. The largest absolute Gasteiger partial charge is 0.396 e. The molecule has 1 aromatic carbocycles. The van der Waals surface area contributed by atoms with Crippen LogP contribution < -0.4 is 5.32 Å². The maximum Gasteiger partial charge on any atom is 0.0449 e. The van der Waals surface area contributed by atoms with Gasteiger partial charge in [-0.1, -0.05) is 18.2 Å². The van der Waals surface area contributed by atoms with E-state index in [0.717, 1.165) is 32.6 Å². The van der Waals surface area contributed by atoms with Crippen molar-refractivity contribution in [3.63, 3.8) is 0 Å². The van der Waals surface area contributed by atoms with E-state index in [-0.39, 0.29) is 6.61 Å². The zero-order valence-electron chi connectivity index (χ0n) is 9.90. The lowest BCUT2D eigenvalue weighted by molar-refractivity contribution is 0.140. The summed E-state index contributed by atoms with van der Waals surface area (Å²) in [7, 11) is 0. The van der Waals surface area contributed by atoms with E-state index in [1.807, 2.05) is 0 Å². The normalized spacial score (nSPS) is 19.2. The fourth-order valence-corrected chi connectivity index (χ4v) is 3.14. The highest BCUT2D eigenvalue weighted by molar-refractivity contribution is 14.1. The summed E-state index contributed by atoms with van der Waals surface area (Å²) in [5, 5.41) is 12.6. The first-order valence-electron chi connectivity index (χ1n) is 6.13. The average molecular weight is 346 g/mol. The van der Waals surface area contributed by atoms with Crippen molar-refractivity contribution in [2.45, 2.75) is 12.5 Å². The minimum Gasteiger partial charge on any atom is -0.396 e. The third kappa shape index (κ3) is 3.40. The number of nitrogens with zero attached hydrogens (tertiary/aromatic N) is 1. The summed E-state index contributed by atoms with van der Waals surface area (Å²) >= 11 is 2.39. The molecule has 1 fully saturated rings. The second kappa shape index (κ2) is 6.68. The van der Waals surface area contributed by atoms with E-state index in [4.69, 9.17) is 0 Å². The van der Waals surface area contributed by atoms with E-state index in [2.05, 4.69) is 57.1 Å². The Bertz CT molecular complexity index is 353. The molecule has 2 N–H and O–H groups in total. The van der Waals surface area contributed by atoms with E-state index in [1.165, 1.54) is 9.13 Å². The Morgan fingerprint density at radius 2 is 2.00 bits per heavy atom. The number of aliphatic hydroxyl groups excluding tert-OH is 1. The topological polar surface area (TPSA) is 35.5 Å². The fraction of sp³-hybridized carbons (Fsp3) is 0.538. The molecule has 1 atom stereocenters. The van der Waals surface area contributed by atoms with Crippen LogP contribution in [0.3, 0.4) is 0 Å². The number of hydrogen-bond acceptors (Lipinski definition) is 3. The van der Waals surface area contributed by atoms with Crippen molar-refractivity contribution in [3.8, 4) is 0 Å². The molecule has 0 aromatic heterocycles. The van der Waals surface area contributed by atoms with Gasteiger partial charge in [-0.15, -0.1) is 0 Å². The van der Waals surface area contributed by atoms with Gasteiger partial charge in [0.05, 0.1) is 0 Å². The monoisotopic (exact) mass is 346 g/mol. The molecule has 0 saturated carbocycles. The minimum atomic E-state index is 0.250. The first-order chi connectivity index (χ1) is 8.33. The van der Waals surface area contributed by atoms with Crippen molar-refractivity contribution in [3.05, 3.63) is 33.4 Å². The molecule has 3 nitrogen and oxygen atoms in total. The maximum absolute atomic E-state index is 9.27. The van der Waals surface area contributed by atoms with Gasteiger partial charge in [0.2, 0.25) is 0 Å². The predicted octanol–water partition coefficient (Wildman–Crippen LogP) is 1.62. The van der Waals surface area contributed by atoms with Crippen LogP contribution in [-0.2, 0) is 0 Å². The smallest absolute Gasteiger partial charge is 0.0449 e. The average Bonchev–Trinajstić information content (AvgIpc) is 2.38. The Kier molecular flexibility index (Phi) is 5.21. The Balaban J connectivity index is 2.18. The first kappa shape index (κ1) is 13.3. The van der Waals surface area contributed by atoms with Crippen LogP contribution in [0, 0.1) is 3.57 Å². The first-order valence-corrected chi connectivity index (χ1v) is 7.21. The number of benzene rings is 1. The van der Waals surface area contributed by atoms with Crippen molar-refractivity contribution in [2.24, 2.45) is 0 Å². The Hall–Kier alpha value is -0.170. The quantitative estimate of drug-likeness (QED) is 0.814. The van der Waals surface area contributed by atoms with Gasteiger partial charge >= 0.3 is 0 Å². The van der Waals surface area contributed by atoms with Crippen molar-refractivity contribution in [2.75, 3.05) is 32.8 Å². The van der Waals surface area contributed by atoms with Crippen molar-refractivity contribution >= 4 is 22.6 Å². The Morgan fingerprint density at radius 3 is 2.65 bits per heavy atom. The summed E-state index contributed by atoms with van der Waals surface area (Å²) in [4.78, 5) is 2.48. The maximum atomic E-state index is 9.27. The number of halogens is 1. The van der Waals surface area contributed by atoms with E-state index in [1.54, 1.807) is 0 Å². The van der Waals surface area contributed by atoms with Crippen LogP contribution in [0.1, 0.15) is 18.0 Å². The van der Waals surface area contributed by atoms with E-state index in [0.29, 0.717) is 6.04 Å². The van der Waals surface area contributed by atoms with Crippen LogP contribution in [0.15, 0.2) is 24.3 Å². The van der Waals surface area contributed by atoms with Crippen LogP contribution in [0.4, 0.5) is 0 Å². The van der Waals surface area contributed by atoms with Crippen molar-refractivity contribution in [1.82, 2.24) is 10.2 Å². The van der Waals surface area contributed by atoms with Gasteiger partial charge in [-0.2, -0.15) is 0 Å². The molecule has 1 aliphatic rings. The summed E-state index contributed by atoms with van der Waals surface area (Å²) in [6, 6.07) is 8.84. The van der Waals surface area contributed by atoms with Crippen LogP contribution >= 0.6 is 22.6 Å². The summed E-state index contributed by atoms with van der Waals surface area (Å²) in [5.41, 5.74) is 1.35. The molecule has 1 aromatic rings. The molecule has 0 radical (unpaired) electrons. The Morgan fingerprint density at radius 1 is 1.29 bits per heavy atom. The third-order valence-electron chi connectivity index (χ3n) is 3.26. The van der Waals surface area contributed by atoms with Crippen LogP contribution in [0.25, 0.3) is 0 Å². The number of hydrogen-bond donors (Lipinski definition) is 2. The number of nitrogens with one attached hydrogen (secondary N) is 1. The van der Waals surface area contributed by atoms with E-state index in [9.17, 15) is 5.11 Å². The zero-order valence-corrected chi connectivity index (χ0v) is 12.1. The van der Waals surface area contributed by atoms with E-state index < -0.39 is 0 Å². The van der Waals surface area contributed by atoms with Gasteiger partial charge in [0.1, 0.15) is 0 Å². The van der Waals surface area contributed by atoms with Gasteiger partial charge in [0, 0.05) is 42.4 Å². The third-order valence-corrected chi connectivity index (χ3v) is 4.24. The molecule has 1 heterocycles. The number of rotatable bonds is 4. The van der Waals surface area contributed by atoms with Crippen LogP contribution in [0.5, 0.6) is 0 Å². The van der Waals surface area contributed by atoms with Crippen molar-refractivity contribution < 1.29 is 5.11 Å². The summed E-state index contributed by atoms with van der Waals surface area (Å²) < 4.78 is 1.29. The molecule has 0 aliphatic carbocycles. The molecular weight excluding hydrogens is 327 g/mol. The second-order valence-electron chi connectivity index (χ2n) is 4.34. The lowest BCUT2D eigenvalue weighted by Crippen LogP contribution is -2.45. The minimum absolute atomic E-state index is 0.250. The standard InChI is InChI=1S/C13H19IN2O/c14-12-4-2-1-3-11(12)13(5-10-17)16-8-6-15-7-9-16/h1-4,13,15,17H,5-10H2/t13-/m0/s1. The van der Waals surface area contributed by atoms with Gasteiger partial charge in [-0.25, -0.2) is 0 Å². The van der Waals surface area contributed by atoms with Crippen molar-refractivity contribution in [1.29, 1.82) is 0 Å². The lowest BCUT2D eigenvalue weighted by Gasteiger charge is -2.35. The highest BCUT2D eigenvalue weighted by atomic mass is 127. The second-order valence-corrected chi connectivity index (χ2v) is 5.50. The van der Waals surface area contributed by atoms with Gasteiger partial charge in [0.25, 0.3) is 0 Å². The Labute approximate surface area is 116 Å². The zero-order chi connectivity index (χ0) is 12.1. The molecule has 17 heavy (non-hydrogen) atoms. The van der Waals surface area contributed by atoms with Gasteiger partial charge in [0.15, 0.2) is 0 Å². The van der Waals surface area contributed by atoms with Crippen LogP contribution in [-0.4, -0.2) is 42.8 Å². The van der Waals surface area contributed by atoms with Gasteiger partial charge < -0.3 is 10.4 Å². The summed E-state index contributed by atoms with van der Waals surface area (Å²) in [5.74, 6) is 0. The van der Waals surface area contributed by atoms with Gasteiger partial charge in [-0.3, -0.25) is 4.90 Å². The fourth-order valence-electron chi connectivity index (χ4n) is 2.40. The molecule has 94 valence electrons. The number of aliphatic hydroxyl groups is 1. The molecule has 0 unspecified atom stereocenters. The molecule has 1 saturated heterocycles. The van der Waals surface area contributed by atoms with Crippen LogP contribution in [0.2, 0.25) is 0 Å². The summed E-state index contributed by atoms with van der Waals surface area (Å²) in [6.07, 6.45) is 0.819. The molecule has 0 bridgehead atoms. The van der Waals surface area contributed by atoms with E-state index >= 15 is 0 Å². The molecular formula is C13H19IN2O. The van der Waals surface area contributed by atoms with Gasteiger partial charge in [-0.05, 0) is 40.6 Å². The number of piperazine rings is 1. The predicted molar refractivity (Wildman–Crippen MR) is 78.0 cm³/mol. The highest BCUT2D eigenvalue weighted by Crippen LogP contribution is 2.28. The SMILES string of the molecule is OCC[C@@H](c1ccccc1I)N1CCNCC1. The molecule has 0 spiro atoms. The molecule has 1 aliphatic heterocycles. The highest BCUT2D eigenvalue weighted by Gasteiger charge is 2.22.